The topological polar surface area (TPSA) is 97.9 Å². The van der Waals surface area contributed by atoms with Gasteiger partial charge in [-0.15, -0.1) is 0 Å². The number of nitrogens with one attached hydrogen (secondary N) is 2. The molecule has 0 fully saturated rings. The Labute approximate surface area is 233 Å². The maximum absolute atomic E-state index is 13.0. The van der Waals surface area contributed by atoms with Crippen molar-refractivity contribution in [1.29, 1.82) is 0 Å². The van der Waals surface area contributed by atoms with Crippen LogP contribution in [0.4, 0.5) is 0 Å². The number of likely N-dealkylation sites (N-methyl/N-ethyl adjacent to an activating group) is 1. The zero-order valence-electron chi connectivity index (χ0n) is 22.3. The number of aromatic nitrogens is 1. The van der Waals surface area contributed by atoms with Crippen LogP contribution in [0.2, 0.25) is 5.02 Å². The maximum Gasteiger partial charge on any atom is 0.305 e. The van der Waals surface area contributed by atoms with E-state index in [9.17, 15) is 14.7 Å². The minimum atomic E-state index is -0.174. The molecule has 0 saturated carbocycles. The molecular weight excluding hydrogens is 524 g/mol. The second kappa shape index (κ2) is 15.9. The normalized spacial score (nSPS) is 11.5. The molecule has 38 heavy (non-hydrogen) atoms. The number of ether oxygens (including phenoxy) is 1. The molecule has 0 aliphatic rings. The lowest BCUT2D eigenvalue weighted by Gasteiger charge is -2.27. The number of phenols is 1. The van der Waals surface area contributed by atoms with Crippen LogP contribution in [-0.4, -0.2) is 84.8 Å². The lowest BCUT2D eigenvalue weighted by atomic mass is 10.1. The van der Waals surface area contributed by atoms with Gasteiger partial charge in [-0.1, -0.05) is 55.0 Å². The molecule has 0 spiro atoms. The van der Waals surface area contributed by atoms with Gasteiger partial charge < -0.3 is 29.9 Å². The Balaban J connectivity index is 1.43. The van der Waals surface area contributed by atoms with Crippen molar-refractivity contribution in [2.45, 2.75) is 33.1 Å². The number of thiazole rings is 1. The van der Waals surface area contributed by atoms with Gasteiger partial charge in [-0.05, 0) is 61.8 Å². The molecule has 0 atom stereocenters. The molecule has 0 radical (unpaired) electrons. The summed E-state index contributed by atoms with van der Waals surface area (Å²) in [5.41, 5.74) is 2.67. The monoisotopic (exact) mass is 562 g/mol. The average molecular weight is 563 g/mol. The van der Waals surface area contributed by atoms with Gasteiger partial charge in [0.2, 0.25) is 5.91 Å². The summed E-state index contributed by atoms with van der Waals surface area (Å²) in [7, 11) is 0. The third-order valence-corrected chi connectivity index (χ3v) is 7.82. The Morgan fingerprint density at radius 1 is 1.03 bits per heavy atom. The fourth-order valence-corrected chi connectivity index (χ4v) is 5.28. The predicted molar refractivity (Wildman–Crippen MR) is 156 cm³/mol. The van der Waals surface area contributed by atoms with Crippen LogP contribution in [0.15, 0.2) is 41.2 Å². The molecule has 0 unspecified atom stereocenters. The first-order valence-electron chi connectivity index (χ1n) is 13.3. The molecule has 10 heteroatoms. The van der Waals surface area contributed by atoms with Gasteiger partial charge in [-0.25, -0.2) is 0 Å². The Hall–Kier alpha value is -2.43. The third kappa shape index (κ3) is 9.39. The number of halogens is 1. The summed E-state index contributed by atoms with van der Waals surface area (Å²) in [6.07, 6.45) is 1.87. The molecular formula is C28H39ClN4O4S. The molecule has 0 aliphatic heterocycles. The smallest absolute Gasteiger partial charge is 0.305 e. The molecule has 0 saturated heterocycles. The number of amides is 1. The van der Waals surface area contributed by atoms with Crippen molar-refractivity contribution in [3.05, 3.63) is 62.2 Å². The van der Waals surface area contributed by atoms with Gasteiger partial charge in [0, 0.05) is 31.2 Å². The van der Waals surface area contributed by atoms with Crippen molar-refractivity contribution >= 4 is 39.1 Å². The highest BCUT2D eigenvalue weighted by Crippen LogP contribution is 2.27. The summed E-state index contributed by atoms with van der Waals surface area (Å²) in [6.45, 7) is 10.7. The van der Waals surface area contributed by atoms with Gasteiger partial charge in [0.15, 0.2) is 0 Å². The Kier molecular flexibility index (Phi) is 12.6. The zero-order chi connectivity index (χ0) is 27.3. The molecule has 208 valence electrons. The van der Waals surface area contributed by atoms with E-state index >= 15 is 0 Å². The average Bonchev–Trinajstić information content (AvgIpc) is 3.32. The van der Waals surface area contributed by atoms with Crippen molar-refractivity contribution in [2.75, 3.05) is 59.0 Å². The molecule has 3 rings (SSSR count). The van der Waals surface area contributed by atoms with Gasteiger partial charge in [0.1, 0.15) is 11.3 Å². The number of hydrogen-bond acceptors (Lipinski definition) is 7. The van der Waals surface area contributed by atoms with E-state index in [1.165, 1.54) is 0 Å². The van der Waals surface area contributed by atoms with Crippen molar-refractivity contribution in [2.24, 2.45) is 0 Å². The van der Waals surface area contributed by atoms with E-state index in [2.05, 4.69) is 29.0 Å². The number of nitrogens with zero attached hydrogens (tertiary/aromatic N) is 2. The number of phenolic OH excluding ortho intramolecular Hbond substituents is 1. The minimum Gasteiger partial charge on any atom is -0.506 e. The number of hydrogen-bond donors (Lipinski definition) is 3. The summed E-state index contributed by atoms with van der Waals surface area (Å²) < 4.78 is 6.54. The van der Waals surface area contributed by atoms with Crippen LogP contribution >= 0.6 is 22.9 Å². The minimum absolute atomic E-state index is 0.0892. The van der Waals surface area contributed by atoms with Gasteiger partial charge in [-0.2, -0.15) is 0 Å². The molecule has 3 aromatic rings. The number of aromatic amines is 1. The SMILES string of the molecule is CCN(CC)CCN(CCNCCc1ccc(O)c2[nH]c(=O)sc12)C(=O)CCOCCc1ccc(Cl)cc1. The summed E-state index contributed by atoms with van der Waals surface area (Å²) in [6, 6.07) is 11.2. The Morgan fingerprint density at radius 2 is 1.79 bits per heavy atom. The van der Waals surface area contributed by atoms with E-state index in [-0.39, 0.29) is 16.5 Å². The molecule has 1 aromatic heterocycles. The van der Waals surface area contributed by atoms with E-state index < -0.39 is 0 Å². The number of carbonyl (C=O) groups excluding carboxylic acids is 1. The quantitative estimate of drug-likeness (QED) is 0.216. The first kappa shape index (κ1) is 30.1. The van der Waals surface area contributed by atoms with Gasteiger partial charge in [0.25, 0.3) is 0 Å². The zero-order valence-corrected chi connectivity index (χ0v) is 23.9. The van der Waals surface area contributed by atoms with Crippen molar-refractivity contribution in [3.63, 3.8) is 0 Å². The van der Waals surface area contributed by atoms with E-state index in [0.717, 1.165) is 64.7 Å². The molecule has 0 bridgehead atoms. The predicted octanol–water partition coefficient (Wildman–Crippen LogP) is 3.90. The van der Waals surface area contributed by atoms with Crippen LogP contribution < -0.4 is 10.2 Å². The van der Waals surface area contributed by atoms with Crippen molar-refractivity contribution in [1.82, 2.24) is 20.1 Å². The Bertz CT molecular complexity index is 1190. The lowest BCUT2D eigenvalue weighted by Crippen LogP contribution is -2.42. The Morgan fingerprint density at radius 3 is 2.53 bits per heavy atom. The van der Waals surface area contributed by atoms with Gasteiger partial charge >= 0.3 is 4.87 Å². The highest BCUT2D eigenvalue weighted by Gasteiger charge is 2.15. The second-order valence-electron chi connectivity index (χ2n) is 9.11. The highest BCUT2D eigenvalue weighted by molar-refractivity contribution is 7.16. The van der Waals surface area contributed by atoms with Gasteiger partial charge in [-0.3, -0.25) is 9.59 Å². The summed E-state index contributed by atoms with van der Waals surface area (Å²) >= 11 is 7.05. The largest absolute Gasteiger partial charge is 0.506 e. The van der Waals surface area contributed by atoms with Crippen LogP contribution in [0.25, 0.3) is 10.2 Å². The maximum atomic E-state index is 13.0. The number of H-pyrrole nitrogens is 1. The standard InChI is InChI=1S/C28H39ClN4O4S/c1-3-32(4-2)17-18-33(25(35)13-20-37-19-12-21-5-8-23(29)9-6-21)16-15-30-14-11-22-7-10-24(34)26-27(22)38-28(36)31-26/h5-10,30,34H,3-4,11-20H2,1-2H3,(H,31,36). The van der Waals surface area contributed by atoms with Crippen LogP contribution in [0.5, 0.6) is 5.75 Å². The summed E-state index contributed by atoms with van der Waals surface area (Å²) in [5, 5.41) is 14.1. The van der Waals surface area contributed by atoms with Crippen LogP contribution in [0, 0.1) is 0 Å². The third-order valence-electron chi connectivity index (χ3n) is 6.61. The van der Waals surface area contributed by atoms with Crippen LogP contribution in [-0.2, 0) is 22.4 Å². The first-order valence-corrected chi connectivity index (χ1v) is 14.5. The van der Waals surface area contributed by atoms with Crippen LogP contribution in [0.3, 0.4) is 0 Å². The molecule has 3 N–H and O–H groups in total. The second-order valence-corrected chi connectivity index (χ2v) is 10.5. The number of aromatic hydroxyl groups is 1. The molecule has 8 nitrogen and oxygen atoms in total. The first-order chi connectivity index (χ1) is 18.4. The van der Waals surface area contributed by atoms with Crippen molar-refractivity contribution in [3.8, 4) is 5.75 Å². The van der Waals surface area contributed by atoms with E-state index in [4.69, 9.17) is 16.3 Å². The molecule has 1 heterocycles. The van der Waals surface area contributed by atoms with Crippen LogP contribution in [0.1, 0.15) is 31.4 Å². The number of carbonyl (C=O) groups is 1. The summed E-state index contributed by atoms with van der Waals surface area (Å²) in [5.74, 6) is 0.189. The highest BCUT2D eigenvalue weighted by atomic mass is 35.5. The van der Waals surface area contributed by atoms with Crippen molar-refractivity contribution < 1.29 is 14.6 Å². The summed E-state index contributed by atoms with van der Waals surface area (Å²) in [4.78, 5) is 31.5. The number of fused-ring (bicyclic) bond motifs is 1. The van der Waals surface area contributed by atoms with E-state index in [1.54, 1.807) is 6.07 Å². The molecule has 2 aromatic carbocycles. The van der Waals surface area contributed by atoms with E-state index in [1.807, 2.05) is 35.2 Å². The van der Waals surface area contributed by atoms with E-state index in [0.29, 0.717) is 51.3 Å². The number of rotatable bonds is 17. The number of benzene rings is 2. The molecule has 1 amide bonds. The fourth-order valence-electron chi connectivity index (χ4n) is 4.26. The molecule has 0 aliphatic carbocycles. The van der Waals surface area contributed by atoms with Gasteiger partial charge in [0.05, 0.1) is 24.3 Å². The fraction of sp³-hybridized carbons (Fsp3) is 0.500. The lowest BCUT2D eigenvalue weighted by molar-refractivity contribution is -0.132.